The Balaban J connectivity index is 1.51. The van der Waals surface area contributed by atoms with Gasteiger partial charge in [-0.15, -0.1) is 11.8 Å². The largest absolute Gasteiger partial charge is 0.446 e. The second-order valence-electron chi connectivity index (χ2n) is 6.75. The number of amides is 1. The lowest BCUT2D eigenvalue weighted by Crippen LogP contribution is -2.39. The number of hydrogen-bond acceptors (Lipinski definition) is 4. The normalized spacial score (nSPS) is 35.1. The summed E-state index contributed by atoms with van der Waals surface area (Å²) < 4.78 is 5.50. The third-order valence-corrected chi connectivity index (χ3v) is 6.53. The van der Waals surface area contributed by atoms with Crippen LogP contribution in [0.25, 0.3) is 0 Å². The van der Waals surface area contributed by atoms with Crippen LogP contribution in [0.3, 0.4) is 0 Å². The van der Waals surface area contributed by atoms with Gasteiger partial charge in [0.05, 0.1) is 5.69 Å². The van der Waals surface area contributed by atoms with Gasteiger partial charge in [0.15, 0.2) is 6.39 Å². The van der Waals surface area contributed by atoms with Crippen molar-refractivity contribution in [3.63, 3.8) is 0 Å². The number of hydrogen-bond donors (Lipinski definition) is 0. The van der Waals surface area contributed by atoms with Gasteiger partial charge in [-0.2, -0.15) is 0 Å². The average Bonchev–Trinajstić information content (AvgIpc) is 3.19. The summed E-state index contributed by atoms with van der Waals surface area (Å²) >= 11 is 1.57. The first-order valence-corrected chi connectivity index (χ1v) is 9.29. The molecule has 1 aromatic heterocycles. The number of carbonyl (C=O) groups is 1. The zero-order chi connectivity index (χ0) is 14.4. The monoisotopic (exact) mass is 306 g/mol. The number of nitrogens with zero attached hydrogens (tertiary/aromatic N) is 2. The second-order valence-corrected chi connectivity index (χ2v) is 7.69. The Morgan fingerprint density at radius 3 is 3.05 bits per heavy atom. The van der Waals surface area contributed by atoms with Crippen LogP contribution < -0.4 is 0 Å². The highest BCUT2D eigenvalue weighted by molar-refractivity contribution is 7.99. The van der Waals surface area contributed by atoms with E-state index in [1.54, 1.807) is 11.8 Å². The summed E-state index contributed by atoms with van der Waals surface area (Å²) in [6.07, 6.45) is 9.82. The Kier molecular flexibility index (Phi) is 3.48. The van der Waals surface area contributed by atoms with Gasteiger partial charge >= 0.3 is 0 Å². The first-order valence-electron chi connectivity index (χ1n) is 8.00. The highest BCUT2D eigenvalue weighted by atomic mass is 32.2. The number of rotatable bonds is 3. The third kappa shape index (κ3) is 2.30. The fraction of sp³-hybridized carbons (Fsp3) is 0.750. The molecule has 0 radical (unpaired) electrons. The fourth-order valence-electron chi connectivity index (χ4n) is 4.58. The Morgan fingerprint density at radius 2 is 2.33 bits per heavy atom. The molecule has 0 saturated heterocycles. The fourth-order valence-corrected chi connectivity index (χ4v) is 5.34. The molecule has 4 unspecified atom stereocenters. The summed E-state index contributed by atoms with van der Waals surface area (Å²) in [6.45, 7) is 1.74. The van der Waals surface area contributed by atoms with Crippen molar-refractivity contribution in [2.45, 2.75) is 37.4 Å². The third-order valence-electron chi connectivity index (χ3n) is 5.64. The van der Waals surface area contributed by atoms with Crippen molar-refractivity contribution in [3.05, 3.63) is 17.8 Å². The minimum absolute atomic E-state index is 0.205. The molecule has 0 spiro atoms. The van der Waals surface area contributed by atoms with Gasteiger partial charge in [0.1, 0.15) is 11.0 Å². The van der Waals surface area contributed by atoms with E-state index in [-0.39, 0.29) is 11.2 Å². The van der Waals surface area contributed by atoms with Gasteiger partial charge in [-0.3, -0.25) is 4.79 Å². The molecule has 4 rings (SSSR count). The second kappa shape index (κ2) is 5.34. The Labute approximate surface area is 129 Å². The smallest absolute Gasteiger partial charge is 0.243 e. The molecular weight excluding hydrogens is 284 g/mol. The van der Waals surface area contributed by atoms with Crippen LogP contribution in [0.15, 0.2) is 10.8 Å². The molecule has 0 aromatic carbocycles. The van der Waals surface area contributed by atoms with Gasteiger partial charge in [0, 0.05) is 19.5 Å². The quantitative estimate of drug-likeness (QED) is 0.861. The number of thioether (sulfide) groups is 1. The molecule has 0 N–H and O–H groups in total. The van der Waals surface area contributed by atoms with Gasteiger partial charge < -0.3 is 9.32 Å². The van der Waals surface area contributed by atoms with Gasteiger partial charge in [0.2, 0.25) is 5.91 Å². The Morgan fingerprint density at radius 1 is 1.43 bits per heavy atom. The first-order chi connectivity index (χ1) is 10.3. The summed E-state index contributed by atoms with van der Waals surface area (Å²) in [5, 5.41) is -0.205. The predicted molar refractivity (Wildman–Crippen MR) is 82.0 cm³/mol. The highest BCUT2D eigenvalue weighted by Crippen LogP contribution is 2.48. The van der Waals surface area contributed by atoms with Crippen molar-refractivity contribution in [2.24, 2.45) is 17.8 Å². The molecule has 2 bridgehead atoms. The molecule has 2 heterocycles. The molecule has 4 nitrogen and oxygen atoms in total. The maximum absolute atomic E-state index is 12.8. The molecule has 114 valence electrons. The summed E-state index contributed by atoms with van der Waals surface area (Å²) in [7, 11) is 0. The van der Waals surface area contributed by atoms with Gasteiger partial charge in [-0.1, -0.05) is 6.42 Å². The van der Waals surface area contributed by atoms with Crippen molar-refractivity contribution in [1.29, 1.82) is 0 Å². The van der Waals surface area contributed by atoms with E-state index in [0.717, 1.165) is 48.7 Å². The lowest BCUT2D eigenvalue weighted by atomic mass is 9.88. The maximum atomic E-state index is 12.8. The SMILES string of the molecule is CSC1C(=O)N(CC2CC3CCC2C3)CCc2ncoc21. The summed E-state index contributed by atoms with van der Waals surface area (Å²) in [6, 6.07) is 0. The van der Waals surface area contributed by atoms with E-state index in [1.807, 2.05) is 6.26 Å². The summed E-state index contributed by atoms with van der Waals surface area (Å²) in [5.74, 6) is 3.54. The molecule has 4 atom stereocenters. The van der Waals surface area contributed by atoms with E-state index in [4.69, 9.17) is 4.42 Å². The van der Waals surface area contributed by atoms with Gasteiger partial charge in [0.25, 0.3) is 0 Å². The molecular formula is C16H22N2O2S. The lowest BCUT2D eigenvalue weighted by Gasteiger charge is -2.30. The van der Waals surface area contributed by atoms with Crippen LogP contribution in [0.2, 0.25) is 0 Å². The van der Waals surface area contributed by atoms with E-state index in [1.165, 1.54) is 32.1 Å². The molecule has 3 aliphatic rings. The zero-order valence-electron chi connectivity index (χ0n) is 12.5. The molecule has 2 saturated carbocycles. The maximum Gasteiger partial charge on any atom is 0.243 e. The van der Waals surface area contributed by atoms with Crippen LogP contribution in [-0.2, 0) is 11.2 Å². The summed E-state index contributed by atoms with van der Waals surface area (Å²) in [5.41, 5.74) is 0.971. The first kappa shape index (κ1) is 13.7. The van der Waals surface area contributed by atoms with Crippen LogP contribution in [0.4, 0.5) is 0 Å². The van der Waals surface area contributed by atoms with Crippen molar-refractivity contribution in [1.82, 2.24) is 9.88 Å². The zero-order valence-corrected chi connectivity index (χ0v) is 13.3. The van der Waals surface area contributed by atoms with E-state index in [0.29, 0.717) is 0 Å². The van der Waals surface area contributed by atoms with E-state index >= 15 is 0 Å². The van der Waals surface area contributed by atoms with Crippen LogP contribution in [0.5, 0.6) is 0 Å². The van der Waals surface area contributed by atoms with Crippen molar-refractivity contribution in [3.8, 4) is 0 Å². The molecule has 1 amide bonds. The van der Waals surface area contributed by atoms with E-state index in [9.17, 15) is 4.79 Å². The predicted octanol–water partition coefficient (Wildman–Crippen LogP) is 2.90. The van der Waals surface area contributed by atoms with E-state index < -0.39 is 0 Å². The van der Waals surface area contributed by atoms with Crippen molar-refractivity contribution >= 4 is 17.7 Å². The Bertz CT molecular complexity index is 544. The molecule has 5 heteroatoms. The minimum Gasteiger partial charge on any atom is -0.446 e. The van der Waals surface area contributed by atoms with Gasteiger partial charge in [-0.25, -0.2) is 4.98 Å². The minimum atomic E-state index is -0.205. The highest BCUT2D eigenvalue weighted by Gasteiger charge is 2.42. The number of fused-ring (bicyclic) bond motifs is 3. The van der Waals surface area contributed by atoms with Crippen LogP contribution in [-0.4, -0.2) is 35.1 Å². The number of carbonyl (C=O) groups excluding carboxylic acids is 1. The Hall–Kier alpha value is -0.970. The topological polar surface area (TPSA) is 46.3 Å². The average molecular weight is 306 g/mol. The van der Waals surface area contributed by atoms with Crippen LogP contribution >= 0.6 is 11.8 Å². The molecule has 2 fully saturated rings. The number of oxazole rings is 1. The summed E-state index contributed by atoms with van der Waals surface area (Å²) in [4.78, 5) is 19.2. The van der Waals surface area contributed by atoms with Crippen LogP contribution in [0, 0.1) is 17.8 Å². The molecule has 1 aromatic rings. The molecule has 21 heavy (non-hydrogen) atoms. The van der Waals surface area contributed by atoms with Crippen molar-refractivity contribution in [2.75, 3.05) is 19.3 Å². The van der Waals surface area contributed by atoms with Gasteiger partial charge in [-0.05, 0) is 43.3 Å². The lowest BCUT2D eigenvalue weighted by molar-refractivity contribution is -0.131. The standard InChI is InChI=1S/C16H22N2O2S/c1-21-15-14-13(17-9-20-14)4-5-18(16(15)19)8-12-7-10-2-3-11(12)6-10/h9-12,15H,2-8H2,1H3. The number of aromatic nitrogens is 1. The van der Waals surface area contributed by atoms with E-state index in [2.05, 4.69) is 9.88 Å². The van der Waals surface area contributed by atoms with Crippen LogP contribution in [0.1, 0.15) is 42.4 Å². The molecule has 1 aliphatic heterocycles. The molecule has 2 aliphatic carbocycles. The van der Waals surface area contributed by atoms with Crippen molar-refractivity contribution < 1.29 is 9.21 Å².